The van der Waals surface area contributed by atoms with Crippen LogP contribution in [0.1, 0.15) is 12.5 Å². The summed E-state index contributed by atoms with van der Waals surface area (Å²) >= 11 is 0. The summed E-state index contributed by atoms with van der Waals surface area (Å²) in [5.74, 6) is 0.908. The van der Waals surface area contributed by atoms with E-state index in [9.17, 15) is 9.59 Å². The molecule has 0 aliphatic carbocycles. The lowest BCUT2D eigenvalue weighted by Gasteiger charge is -2.23. The van der Waals surface area contributed by atoms with Crippen molar-refractivity contribution in [1.82, 2.24) is 0 Å². The Labute approximate surface area is 168 Å². The van der Waals surface area contributed by atoms with Crippen LogP contribution in [0.15, 0.2) is 60.7 Å². The maximum absolute atomic E-state index is 12.3. The lowest BCUT2D eigenvalue weighted by atomic mass is 10.1. The molecule has 0 aromatic heterocycles. The summed E-state index contributed by atoms with van der Waals surface area (Å²) in [6.45, 7) is 1.68. The topological polar surface area (TPSA) is 76.7 Å². The number of nitrogens with one attached hydrogen (secondary N) is 2. The Morgan fingerprint density at radius 2 is 1.90 bits per heavy atom. The number of benzene rings is 3. The SMILES string of the molecule is COc1ccc2cc(/C=C/C(=O)Nc3ccc4c(c3)NC(=O)[C@@H](C)O4)ccc2c1. The Morgan fingerprint density at radius 1 is 1.10 bits per heavy atom. The number of carbonyl (C=O) groups is 2. The summed E-state index contributed by atoms with van der Waals surface area (Å²) in [6.07, 6.45) is 2.69. The van der Waals surface area contributed by atoms with E-state index in [-0.39, 0.29) is 11.8 Å². The van der Waals surface area contributed by atoms with Gasteiger partial charge in [-0.2, -0.15) is 0 Å². The number of ether oxygens (including phenoxy) is 2. The average Bonchev–Trinajstić information content (AvgIpc) is 2.72. The fourth-order valence-electron chi connectivity index (χ4n) is 3.12. The van der Waals surface area contributed by atoms with Crippen LogP contribution in [0.3, 0.4) is 0 Å². The molecule has 0 radical (unpaired) electrons. The number of anilines is 2. The first-order chi connectivity index (χ1) is 14.0. The Balaban J connectivity index is 1.46. The standard InChI is InChI=1S/C23H20N2O4/c1-14-23(27)25-20-13-18(7-9-21(20)29-14)24-22(26)10-4-15-3-5-17-12-19(28-2)8-6-16(17)11-15/h3-14H,1-2H3,(H,24,26)(H,25,27)/b10-4+/t14-/m1/s1. The van der Waals surface area contributed by atoms with Crippen LogP contribution < -0.4 is 20.1 Å². The van der Waals surface area contributed by atoms with Crippen LogP contribution in [0.2, 0.25) is 0 Å². The highest BCUT2D eigenvalue weighted by atomic mass is 16.5. The zero-order chi connectivity index (χ0) is 20.4. The van der Waals surface area contributed by atoms with Crippen LogP contribution in [-0.4, -0.2) is 25.0 Å². The number of hydrogen-bond donors (Lipinski definition) is 2. The van der Waals surface area contributed by atoms with E-state index in [0.29, 0.717) is 17.1 Å². The number of fused-ring (bicyclic) bond motifs is 2. The van der Waals surface area contributed by atoms with Gasteiger partial charge in [-0.15, -0.1) is 0 Å². The molecule has 2 amide bonds. The molecule has 0 bridgehead atoms. The number of methoxy groups -OCH3 is 1. The largest absolute Gasteiger partial charge is 0.497 e. The molecule has 6 nitrogen and oxygen atoms in total. The van der Waals surface area contributed by atoms with E-state index >= 15 is 0 Å². The van der Waals surface area contributed by atoms with Gasteiger partial charge in [0.1, 0.15) is 11.5 Å². The molecule has 0 unspecified atom stereocenters. The first kappa shape index (κ1) is 18.6. The summed E-state index contributed by atoms with van der Waals surface area (Å²) in [5, 5.41) is 7.69. The minimum absolute atomic E-state index is 0.213. The number of hydrogen-bond acceptors (Lipinski definition) is 4. The van der Waals surface area contributed by atoms with Gasteiger partial charge in [-0.25, -0.2) is 0 Å². The van der Waals surface area contributed by atoms with E-state index in [2.05, 4.69) is 10.6 Å². The zero-order valence-corrected chi connectivity index (χ0v) is 16.1. The first-order valence-corrected chi connectivity index (χ1v) is 9.20. The van der Waals surface area contributed by atoms with Crippen molar-refractivity contribution in [2.75, 3.05) is 17.7 Å². The highest BCUT2D eigenvalue weighted by molar-refractivity contribution is 6.03. The molecular weight excluding hydrogens is 368 g/mol. The maximum Gasteiger partial charge on any atom is 0.265 e. The minimum atomic E-state index is -0.533. The fourth-order valence-corrected chi connectivity index (χ4v) is 3.12. The summed E-state index contributed by atoms with van der Waals surface area (Å²) in [6, 6.07) is 16.9. The van der Waals surface area contributed by atoms with Crippen molar-refractivity contribution >= 4 is 40.0 Å². The lowest BCUT2D eigenvalue weighted by Crippen LogP contribution is -2.34. The van der Waals surface area contributed by atoms with Crippen LogP contribution in [0.4, 0.5) is 11.4 Å². The normalized spacial score (nSPS) is 15.5. The summed E-state index contributed by atoms with van der Waals surface area (Å²) in [7, 11) is 1.64. The number of amides is 2. The van der Waals surface area contributed by atoms with Crippen LogP contribution in [0.25, 0.3) is 16.8 Å². The van der Waals surface area contributed by atoms with Crippen molar-refractivity contribution in [3.63, 3.8) is 0 Å². The Bertz CT molecular complexity index is 1140. The highest BCUT2D eigenvalue weighted by Crippen LogP contribution is 2.32. The third kappa shape index (κ3) is 4.06. The zero-order valence-electron chi connectivity index (χ0n) is 16.1. The summed E-state index contributed by atoms with van der Waals surface area (Å²) in [5.41, 5.74) is 2.03. The molecule has 0 spiro atoms. The second kappa shape index (κ2) is 7.67. The number of carbonyl (C=O) groups excluding carboxylic acids is 2. The number of rotatable bonds is 4. The van der Waals surface area contributed by atoms with Gasteiger partial charge >= 0.3 is 0 Å². The van der Waals surface area contributed by atoms with Crippen molar-refractivity contribution in [2.24, 2.45) is 0 Å². The minimum Gasteiger partial charge on any atom is -0.497 e. The summed E-state index contributed by atoms with van der Waals surface area (Å²) in [4.78, 5) is 24.0. The smallest absolute Gasteiger partial charge is 0.265 e. The van der Waals surface area contributed by atoms with Gasteiger partial charge in [0.05, 0.1) is 12.8 Å². The monoisotopic (exact) mass is 388 g/mol. The van der Waals surface area contributed by atoms with Crippen molar-refractivity contribution in [1.29, 1.82) is 0 Å². The van der Waals surface area contributed by atoms with Gasteiger partial charge in [0.15, 0.2) is 6.10 Å². The van der Waals surface area contributed by atoms with Crippen molar-refractivity contribution < 1.29 is 19.1 Å². The van der Waals surface area contributed by atoms with Gasteiger partial charge in [-0.3, -0.25) is 9.59 Å². The Morgan fingerprint density at radius 3 is 2.72 bits per heavy atom. The van der Waals surface area contributed by atoms with Gasteiger partial charge in [-0.1, -0.05) is 18.2 Å². The molecular formula is C23H20N2O4. The van der Waals surface area contributed by atoms with E-state index in [4.69, 9.17) is 9.47 Å². The fraction of sp³-hybridized carbons (Fsp3) is 0.130. The lowest BCUT2D eigenvalue weighted by molar-refractivity contribution is -0.122. The molecule has 1 aliphatic heterocycles. The van der Waals surface area contributed by atoms with E-state index < -0.39 is 6.10 Å². The van der Waals surface area contributed by atoms with Gasteiger partial charge in [0, 0.05) is 11.8 Å². The quantitative estimate of drug-likeness (QED) is 0.656. The third-order valence-corrected chi connectivity index (χ3v) is 4.68. The Hall–Kier alpha value is -3.80. The van der Waals surface area contributed by atoms with Crippen molar-refractivity contribution in [2.45, 2.75) is 13.0 Å². The van der Waals surface area contributed by atoms with Crippen LogP contribution in [0, 0.1) is 0 Å². The van der Waals surface area contributed by atoms with Crippen LogP contribution in [-0.2, 0) is 9.59 Å². The second-order valence-electron chi connectivity index (χ2n) is 6.76. The van der Waals surface area contributed by atoms with Crippen molar-refractivity contribution in [3.8, 4) is 11.5 Å². The summed E-state index contributed by atoms with van der Waals surface area (Å²) < 4.78 is 10.7. The van der Waals surface area contributed by atoms with Gasteiger partial charge < -0.3 is 20.1 Å². The Kier molecular flexibility index (Phi) is 4.91. The molecule has 29 heavy (non-hydrogen) atoms. The predicted molar refractivity (Wildman–Crippen MR) is 113 cm³/mol. The molecule has 3 aromatic rings. The molecule has 1 atom stereocenters. The molecule has 1 aliphatic rings. The molecule has 146 valence electrons. The van der Waals surface area contributed by atoms with E-state index in [1.165, 1.54) is 6.08 Å². The molecule has 2 N–H and O–H groups in total. The predicted octanol–water partition coefficient (Wildman–Crippen LogP) is 4.22. The van der Waals surface area contributed by atoms with E-state index in [1.54, 1.807) is 38.3 Å². The van der Waals surface area contributed by atoms with Gasteiger partial charge in [0.25, 0.3) is 5.91 Å². The molecule has 1 heterocycles. The average molecular weight is 388 g/mol. The van der Waals surface area contributed by atoms with E-state index in [0.717, 1.165) is 22.1 Å². The molecule has 0 saturated carbocycles. The van der Waals surface area contributed by atoms with Gasteiger partial charge in [-0.05, 0) is 65.7 Å². The van der Waals surface area contributed by atoms with Crippen LogP contribution in [0.5, 0.6) is 11.5 Å². The second-order valence-corrected chi connectivity index (χ2v) is 6.76. The van der Waals surface area contributed by atoms with Crippen LogP contribution >= 0.6 is 0 Å². The molecule has 6 heteroatoms. The third-order valence-electron chi connectivity index (χ3n) is 4.68. The molecule has 3 aromatic carbocycles. The van der Waals surface area contributed by atoms with Crippen molar-refractivity contribution in [3.05, 3.63) is 66.2 Å². The molecule has 0 fully saturated rings. The molecule has 4 rings (SSSR count). The molecule has 0 saturated heterocycles. The van der Waals surface area contributed by atoms with Gasteiger partial charge in [0.2, 0.25) is 5.91 Å². The van der Waals surface area contributed by atoms with E-state index in [1.807, 2.05) is 36.4 Å². The highest BCUT2D eigenvalue weighted by Gasteiger charge is 2.23. The first-order valence-electron chi connectivity index (χ1n) is 9.20. The maximum atomic E-state index is 12.3.